The molecule has 5 nitrogen and oxygen atoms in total. The zero-order valence-electron chi connectivity index (χ0n) is 16.6. The maximum absolute atomic E-state index is 12.8. The van der Waals surface area contributed by atoms with E-state index in [0.29, 0.717) is 17.5 Å². The molecule has 0 radical (unpaired) electrons. The van der Waals surface area contributed by atoms with Gasteiger partial charge in [-0.05, 0) is 72.4 Å². The van der Waals surface area contributed by atoms with Crippen LogP contribution < -0.4 is 15.8 Å². The van der Waals surface area contributed by atoms with Crippen LogP contribution in [0.2, 0.25) is 0 Å². The molecule has 3 aliphatic heterocycles. The maximum Gasteiger partial charge on any atom is 0.281 e. The lowest BCUT2D eigenvalue weighted by atomic mass is 9.85. The topological polar surface area (TPSA) is 50.2 Å². The van der Waals surface area contributed by atoms with Gasteiger partial charge < -0.3 is 10.2 Å². The van der Waals surface area contributed by atoms with Crippen molar-refractivity contribution in [3.63, 3.8) is 0 Å². The van der Waals surface area contributed by atoms with Gasteiger partial charge in [0.05, 0.1) is 22.0 Å². The van der Waals surface area contributed by atoms with Crippen LogP contribution in [-0.2, 0) is 5.41 Å². The Kier molecular flexibility index (Phi) is 3.61. The molecule has 2 fully saturated rings. The van der Waals surface area contributed by atoms with Crippen LogP contribution in [0.25, 0.3) is 16.6 Å². The van der Waals surface area contributed by atoms with Gasteiger partial charge in [0, 0.05) is 35.3 Å². The van der Waals surface area contributed by atoms with E-state index in [4.69, 9.17) is 0 Å². The third-order valence-corrected chi connectivity index (χ3v) is 7.56. The van der Waals surface area contributed by atoms with Crippen LogP contribution in [0.15, 0.2) is 45.7 Å². The fourth-order valence-electron chi connectivity index (χ4n) is 5.45. The predicted octanol–water partition coefficient (Wildman–Crippen LogP) is 3.73. The summed E-state index contributed by atoms with van der Waals surface area (Å²) < 4.78 is 2.99. The first kappa shape index (κ1) is 17.7. The van der Waals surface area contributed by atoms with E-state index in [1.54, 1.807) is 0 Å². The van der Waals surface area contributed by atoms with Crippen LogP contribution in [-0.4, -0.2) is 34.7 Å². The molecule has 2 atom stereocenters. The van der Waals surface area contributed by atoms with Crippen LogP contribution in [0.1, 0.15) is 38.1 Å². The largest absolute Gasteiger partial charge is 0.368 e. The van der Waals surface area contributed by atoms with Crippen molar-refractivity contribution >= 4 is 32.5 Å². The van der Waals surface area contributed by atoms with E-state index in [0.717, 1.165) is 34.6 Å². The van der Waals surface area contributed by atoms with Gasteiger partial charge in [-0.2, -0.15) is 4.98 Å². The second-order valence-corrected chi connectivity index (χ2v) is 9.93. The molecule has 0 saturated carbocycles. The summed E-state index contributed by atoms with van der Waals surface area (Å²) in [6.45, 7) is 6.43. The molecule has 148 valence electrons. The number of anilines is 1. The monoisotopic (exact) mass is 450 g/mol. The lowest BCUT2D eigenvalue weighted by Crippen LogP contribution is -2.51. The lowest BCUT2D eigenvalue weighted by molar-refractivity contribution is 0.466. The molecule has 29 heavy (non-hydrogen) atoms. The first-order chi connectivity index (χ1) is 13.9. The summed E-state index contributed by atoms with van der Waals surface area (Å²) in [5, 5.41) is 4.35. The molecule has 6 heteroatoms. The molecule has 6 rings (SSSR count). The van der Waals surface area contributed by atoms with Crippen molar-refractivity contribution in [3.05, 3.63) is 62.6 Å². The molecule has 4 heterocycles. The fourth-order valence-corrected chi connectivity index (χ4v) is 5.97. The number of nitrogens with one attached hydrogen (secondary N) is 1. The standard InChI is InChI=1S/C23H23BrN4O/c1-23(2)16-9-8-15(27-11-13-6-7-14(12-27)25-13)10-19(16)28-18-5-3-4-17(24)20(18)21(29)26-22(23)28/h3-5,8-10,13-14,25H,6-7,11-12H2,1-2H3. The molecule has 2 unspecified atom stereocenters. The van der Waals surface area contributed by atoms with Gasteiger partial charge in [0.1, 0.15) is 5.82 Å². The van der Waals surface area contributed by atoms with E-state index in [-0.39, 0.29) is 11.0 Å². The van der Waals surface area contributed by atoms with Crippen LogP contribution in [0, 0.1) is 0 Å². The van der Waals surface area contributed by atoms with Gasteiger partial charge in [0.2, 0.25) is 0 Å². The molecular weight excluding hydrogens is 428 g/mol. The number of aromatic nitrogens is 2. The first-order valence-electron chi connectivity index (χ1n) is 10.3. The SMILES string of the molecule is CC1(C)c2ccc(N3CC4CCC(C3)N4)cc2-n2c1nc(=O)c1c(Br)cccc12. The quantitative estimate of drug-likeness (QED) is 0.613. The van der Waals surface area contributed by atoms with Crippen LogP contribution >= 0.6 is 15.9 Å². The van der Waals surface area contributed by atoms with Crippen molar-refractivity contribution in [1.29, 1.82) is 0 Å². The highest BCUT2D eigenvalue weighted by Crippen LogP contribution is 2.44. The van der Waals surface area contributed by atoms with Crippen molar-refractivity contribution in [2.45, 2.75) is 44.2 Å². The minimum atomic E-state index is -0.313. The number of benzene rings is 2. The van der Waals surface area contributed by atoms with Gasteiger partial charge >= 0.3 is 0 Å². The Hall–Kier alpha value is -2.18. The Morgan fingerprint density at radius 2 is 1.90 bits per heavy atom. The van der Waals surface area contributed by atoms with Gasteiger partial charge in [0.15, 0.2) is 0 Å². The van der Waals surface area contributed by atoms with Gasteiger partial charge in [0.25, 0.3) is 5.56 Å². The van der Waals surface area contributed by atoms with Crippen LogP contribution in [0.3, 0.4) is 0 Å². The number of halogens is 1. The Morgan fingerprint density at radius 3 is 2.66 bits per heavy atom. The van der Waals surface area contributed by atoms with E-state index >= 15 is 0 Å². The summed E-state index contributed by atoms with van der Waals surface area (Å²) in [7, 11) is 0. The molecular formula is C23H23BrN4O. The number of rotatable bonds is 1. The van der Waals surface area contributed by atoms with E-state index in [1.807, 2.05) is 18.2 Å². The average Bonchev–Trinajstić information content (AvgIpc) is 3.15. The molecule has 0 spiro atoms. The third-order valence-electron chi connectivity index (χ3n) is 6.90. The van der Waals surface area contributed by atoms with Crippen LogP contribution in [0.4, 0.5) is 5.69 Å². The Balaban J connectivity index is 1.58. The second-order valence-electron chi connectivity index (χ2n) is 9.08. The van der Waals surface area contributed by atoms with E-state index in [2.05, 4.69) is 67.7 Å². The van der Waals surface area contributed by atoms with E-state index in [1.165, 1.54) is 24.1 Å². The van der Waals surface area contributed by atoms with Crippen molar-refractivity contribution < 1.29 is 0 Å². The number of hydrogen-bond acceptors (Lipinski definition) is 4. The summed E-state index contributed by atoms with van der Waals surface area (Å²) in [4.78, 5) is 19.9. The molecule has 0 amide bonds. The number of nitrogens with zero attached hydrogens (tertiary/aromatic N) is 3. The van der Waals surface area contributed by atoms with Crippen molar-refractivity contribution in [1.82, 2.24) is 14.9 Å². The normalized spacial score (nSPS) is 24.0. The summed E-state index contributed by atoms with van der Waals surface area (Å²) in [5.41, 5.74) is 4.05. The molecule has 2 saturated heterocycles. The molecule has 2 bridgehead atoms. The summed E-state index contributed by atoms with van der Waals surface area (Å²) in [5.74, 6) is 0.820. The minimum Gasteiger partial charge on any atom is -0.368 e. The first-order valence-corrected chi connectivity index (χ1v) is 11.1. The van der Waals surface area contributed by atoms with Crippen molar-refractivity contribution in [2.24, 2.45) is 0 Å². The van der Waals surface area contributed by atoms with Crippen molar-refractivity contribution in [2.75, 3.05) is 18.0 Å². The molecule has 3 aromatic rings. The fraction of sp³-hybridized carbons (Fsp3) is 0.391. The summed E-state index contributed by atoms with van der Waals surface area (Å²) in [6, 6.07) is 13.9. The zero-order chi connectivity index (χ0) is 19.9. The Morgan fingerprint density at radius 1 is 1.14 bits per heavy atom. The van der Waals surface area contributed by atoms with Gasteiger partial charge in [-0.15, -0.1) is 0 Å². The number of fused-ring (bicyclic) bond motifs is 7. The number of hydrogen-bond donors (Lipinski definition) is 1. The Labute approximate surface area is 177 Å². The third kappa shape index (κ3) is 2.42. The molecule has 0 aliphatic carbocycles. The zero-order valence-corrected chi connectivity index (χ0v) is 18.2. The highest BCUT2D eigenvalue weighted by molar-refractivity contribution is 9.10. The van der Waals surface area contributed by atoms with Crippen molar-refractivity contribution in [3.8, 4) is 5.69 Å². The average molecular weight is 451 g/mol. The predicted molar refractivity (Wildman–Crippen MR) is 119 cm³/mol. The lowest BCUT2D eigenvalue weighted by Gasteiger charge is -2.35. The summed E-state index contributed by atoms with van der Waals surface area (Å²) in [6.07, 6.45) is 2.54. The highest BCUT2D eigenvalue weighted by atomic mass is 79.9. The highest BCUT2D eigenvalue weighted by Gasteiger charge is 2.39. The summed E-state index contributed by atoms with van der Waals surface area (Å²) >= 11 is 3.55. The minimum absolute atomic E-state index is 0.168. The molecule has 3 aliphatic rings. The second kappa shape index (κ2) is 5.92. The van der Waals surface area contributed by atoms with E-state index in [9.17, 15) is 4.79 Å². The maximum atomic E-state index is 12.8. The van der Waals surface area contributed by atoms with Crippen LogP contribution in [0.5, 0.6) is 0 Å². The van der Waals surface area contributed by atoms with Gasteiger partial charge in [-0.25, -0.2) is 0 Å². The van der Waals surface area contributed by atoms with Gasteiger partial charge in [-0.3, -0.25) is 9.36 Å². The Bertz CT molecular complexity index is 1220. The molecule has 1 N–H and O–H groups in total. The van der Waals surface area contributed by atoms with E-state index < -0.39 is 0 Å². The molecule has 1 aromatic heterocycles. The van der Waals surface area contributed by atoms with Gasteiger partial charge in [-0.1, -0.05) is 12.1 Å². The smallest absolute Gasteiger partial charge is 0.281 e. The molecule has 2 aromatic carbocycles. The number of piperazine rings is 1.